The molecule has 2 heterocycles. The minimum atomic E-state index is -0.187. The Labute approximate surface area is 103 Å². The van der Waals surface area contributed by atoms with E-state index >= 15 is 0 Å². The van der Waals surface area contributed by atoms with Crippen LogP contribution in [0.5, 0.6) is 0 Å². The molecule has 18 heavy (non-hydrogen) atoms. The van der Waals surface area contributed by atoms with Crippen LogP contribution < -0.4 is 11.3 Å². The molecule has 1 aromatic carbocycles. The summed E-state index contributed by atoms with van der Waals surface area (Å²) in [6.07, 6.45) is 3.43. The van der Waals surface area contributed by atoms with Gasteiger partial charge in [-0.2, -0.15) is 15.4 Å². The number of aromatic nitrogens is 4. The SMILES string of the molecule is NNC(c1ccc2ncccc2c1)c1cn[nH]n1. The van der Waals surface area contributed by atoms with E-state index in [1.54, 1.807) is 12.4 Å². The average Bonchev–Trinajstić information content (AvgIpc) is 2.93. The number of nitrogens with two attached hydrogens (primary N) is 1. The zero-order valence-corrected chi connectivity index (χ0v) is 9.54. The summed E-state index contributed by atoms with van der Waals surface area (Å²) in [6.45, 7) is 0. The molecule has 4 N–H and O–H groups in total. The summed E-state index contributed by atoms with van der Waals surface area (Å²) in [5.74, 6) is 5.59. The number of hydrogen-bond donors (Lipinski definition) is 3. The molecule has 0 radical (unpaired) electrons. The molecule has 3 rings (SSSR count). The Morgan fingerprint density at radius 2 is 2.22 bits per heavy atom. The average molecular weight is 240 g/mol. The number of H-pyrrole nitrogens is 1. The van der Waals surface area contributed by atoms with Gasteiger partial charge in [0.2, 0.25) is 0 Å². The molecule has 0 amide bonds. The summed E-state index contributed by atoms with van der Waals surface area (Å²) in [6, 6.07) is 9.73. The van der Waals surface area contributed by atoms with E-state index in [-0.39, 0.29) is 6.04 Å². The first-order valence-electron chi connectivity index (χ1n) is 5.55. The van der Waals surface area contributed by atoms with Crippen LogP contribution in [0.3, 0.4) is 0 Å². The van der Waals surface area contributed by atoms with Crippen LogP contribution in [0.1, 0.15) is 17.3 Å². The molecule has 0 aliphatic carbocycles. The molecule has 3 aromatic rings. The Balaban J connectivity index is 2.07. The monoisotopic (exact) mass is 240 g/mol. The van der Waals surface area contributed by atoms with E-state index in [0.29, 0.717) is 0 Å². The molecule has 1 unspecified atom stereocenters. The second-order valence-electron chi connectivity index (χ2n) is 3.95. The zero-order valence-electron chi connectivity index (χ0n) is 9.54. The fraction of sp³-hybridized carbons (Fsp3) is 0.0833. The number of nitrogens with zero attached hydrogens (tertiary/aromatic N) is 3. The zero-order chi connectivity index (χ0) is 12.4. The molecule has 6 nitrogen and oxygen atoms in total. The van der Waals surface area contributed by atoms with Gasteiger partial charge in [-0.15, -0.1) is 0 Å². The Morgan fingerprint density at radius 3 is 3.00 bits per heavy atom. The first-order chi connectivity index (χ1) is 8.88. The quantitative estimate of drug-likeness (QED) is 0.467. The van der Waals surface area contributed by atoms with Crippen molar-refractivity contribution in [1.82, 2.24) is 25.8 Å². The third kappa shape index (κ3) is 1.83. The number of fused-ring (bicyclic) bond motifs is 1. The lowest BCUT2D eigenvalue weighted by Crippen LogP contribution is -2.29. The second-order valence-corrected chi connectivity index (χ2v) is 3.95. The molecule has 0 spiro atoms. The number of hydrazine groups is 1. The standard InChI is InChI=1S/C12H12N6/c13-16-12(11-7-15-18-17-11)9-3-4-10-8(6-9)2-1-5-14-10/h1-7,12,16H,13H2,(H,15,17,18). The Morgan fingerprint density at radius 1 is 1.28 bits per heavy atom. The Kier molecular flexibility index (Phi) is 2.71. The highest BCUT2D eigenvalue weighted by Gasteiger charge is 2.15. The third-order valence-electron chi connectivity index (χ3n) is 2.86. The Hall–Kier alpha value is -2.31. The van der Waals surface area contributed by atoms with Crippen LogP contribution in [0.4, 0.5) is 0 Å². The summed E-state index contributed by atoms with van der Waals surface area (Å²) in [4.78, 5) is 4.28. The van der Waals surface area contributed by atoms with Gasteiger partial charge in [0.1, 0.15) is 5.69 Å². The summed E-state index contributed by atoms with van der Waals surface area (Å²) in [7, 11) is 0. The van der Waals surface area contributed by atoms with Crippen LogP contribution in [-0.2, 0) is 0 Å². The van der Waals surface area contributed by atoms with Crippen LogP contribution in [0, 0.1) is 0 Å². The van der Waals surface area contributed by atoms with E-state index in [4.69, 9.17) is 5.84 Å². The smallest absolute Gasteiger partial charge is 0.105 e. The highest BCUT2D eigenvalue weighted by Crippen LogP contribution is 2.22. The molecular formula is C12H12N6. The Bertz CT molecular complexity index is 648. The van der Waals surface area contributed by atoms with Crippen LogP contribution in [-0.4, -0.2) is 20.4 Å². The molecule has 2 aromatic heterocycles. The van der Waals surface area contributed by atoms with E-state index in [9.17, 15) is 0 Å². The van der Waals surface area contributed by atoms with Gasteiger partial charge in [-0.3, -0.25) is 10.8 Å². The molecule has 1 atom stereocenters. The highest BCUT2D eigenvalue weighted by atomic mass is 15.3. The van der Waals surface area contributed by atoms with Gasteiger partial charge in [-0.05, 0) is 23.8 Å². The summed E-state index contributed by atoms with van der Waals surface area (Å²) < 4.78 is 0. The predicted molar refractivity (Wildman–Crippen MR) is 67.3 cm³/mol. The normalized spacial score (nSPS) is 12.7. The lowest BCUT2D eigenvalue weighted by Gasteiger charge is -2.13. The lowest BCUT2D eigenvalue weighted by molar-refractivity contribution is 0.619. The first-order valence-corrected chi connectivity index (χ1v) is 5.55. The number of rotatable bonds is 3. The van der Waals surface area contributed by atoms with Crippen LogP contribution in [0.15, 0.2) is 42.7 Å². The molecule has 0 saturated carbocycles. The molecule has 6 heteroatoms. The van der Waals surface area contributed by atoms with E-state index in [1.165, 1.54) is 0 Å². The van der Waals surface area contributed by atoms with Crippen molar-refractivity contribution in [3.8, 4) is 0 Å². The lowest BCUT2D eigenvalue weighted by atomic mass is 10.0. The molecule has 0 fully saturated rings. The summed E-state index contributed by atoms with van der Waals surface area (Å²) >= 11 is 0. The van der Waals surface area contributed by atoms with E-state index in [2.05, 4.69) is 25.8 Å². The van der Waals surface area contributed by atoms with Gasteiger partial charge in [0, 0.05) is 11.6 Å². The fourth-order valence-electron chi connectivity index (χ4n) is 1.98. The van der Waals surface area contributed by atoms with Gasteiger partial charge < -0.3 is 0 Å². The minimum Gasteiger partial charge on any atom is -0.271 e. The number of nitrogens with one attached hydrogen (secondary N) is 2. The van der Waals surface area contributed by atoms with Crippen molar-refractivity contribution in [2.75, 3.05) is 0 Å². The van der Waals surface area contributed by atoms with Crippen LogP contribution in [0.2, 0.25) is 0 Å². The van der Waals surface area contributed by atoms with Gasteiger partial charge in [0.25, 0.3) is 0 Å². The van der Waals surface area contributed by atoms with Crippen LogP contribution in [0.25, 0.3) is 10.9 Å². The van der Waals surface area contributed by atoms with Gasteiger partial charge in [-0.25, -0.2) is 5.43 Å². The van der Waals surface area contributed by atoms with Crippen molar-refractivity contribution < 1.29 is 0 Å². The molecule has 0 aliphatic rings. The van der Waals surface area contributed by atoms with E-state index < -0.39 is 0 Å². The fourth-order valence-corrected chi connectivity index (χ4v) is 1.98. The number of hydrogen-bond acceptors (Lipinski definition) is 5. The maximum absolute atomic E-state index is 5.59. The van der Waals surface area contributed by atoms with E-state index in [1.807, 2.05) is 30.3 Å². The van der Waals surface area contributed by atoms with Crippen LogP contribution >= 0.6 is 0 Å². The molecular weight excluding hydrogens is 228 g/mol. The van der Waals surface area contributed by atoms with Crippen molar-refractivity contribution in [1.29, 1.82) is 0 Å². The summed E-state index contributed by atoms with van der Waals surface area (Å²) in [5, 5.41) is 11.5. The predicted octanol–water partition coefficient (Wildman–Crippen LogP) is 0.906. The van der Waals surface area contributed by atoms with Crippen molar-refractivity contribution in [3.63, 3.8) is 0 Å². The minimum absolute atomic E-state index is 0.187. The van der Waals surface area contributed by atoms with Crippen molar-refractivity contribution in [2.45, 2.75) is 6.04 Å². The highest BCUT2D eigenvalue weighted by molar-refractivity contribution is 5.79. The topological polar surface area (TPSA) is 92.5 Å². The maximum atomic E-state index is 5.59. The van der Waals surface area contributed by atoms with Gasteiger partial charge in [-0.1, -0.05) is 12.1 Å². The molecule has 0 saturated heterocycles. The number of pyridine rings is 1. The van der Waals surface area contributed by atoms with E-state index in [0.717, 1.165) is 22.2 Å². The third-order valence-corrected chi connectivity index (χ3v) is 2.86. The van der Waals surface area contributed by atoms with Crippen molar-refractivity contribution in [2.24, 2.45) is 5.84 Å². The van der Waals surface area contributed by atoms with Gasteiger partial charge >= 0.3 is 0 Å². The summed E-state index contributed by atoms with van der Waals surface area (Å²) in [5.41, 5.74) is 5.47. The molecule has 90 valence electrons. The van der Waals surface area contributed by atoms with Crippen molar-refractivity contribution >= 4 is 10.9 Å². The number of benzene rings is 1. The molecule has 0 aliphatic heterocycles. The van der Waals surface area contributed by atoms with Gasteiger partial charge in [0.05, 0.1) is 17.8 Å². The number of aromatic amines is 1. The largest absolute Gasteiger partial charge is 0.271 e. The first kappa shape index (κ1) is 10.8. The van der Waals surface area contributed by atoms with Crippen molar-refractivity contribution in [3.05, 3.63) is 54.0 Å². The van der Waals surface area contributed by atoms with Gasteiger partial charge in [0.15, 0.2) is 0 Å². The molecule has 0 bridgehead atoms. The maximum Gasteiger partial charge on any atom is 0.105 e. The second kappa shape index (κ2) is 4.52.